The summed E-state index contributed by atoms with van der Waals surface area (Å²) in [5.74, 6) is 0.0436. The number of rotatable bonds is 3. The zero-order valence-corrected chi connectivity index (χ0v) is 14.4. The second-order valence-electron chi connectivity index (χ2n) is 6.14. The van der Waals surface area contributed by atoms with Gasteiger partial charge in [-0.3, -0.25) is 25.2 Å². The highest BCUT2D eigenvalue weighted by atomic mass is 16.7. The molecule has 0 atom stereocenters. The molecule has 4 rings (SSSR count). The van der Waals surface area contributed by atoms with Crippen LogP contribution in [-0.4, -0.2) is 31.1 Å². The summed E-state index contributed by atoms with van der Waals surface area (Å²) in [5, 5.41) is 0. The van der Waals surface area contributed by atoms with Crippen LogP contribution in [0, 0.1) is 0 Å². The van der Waals surface area contributed by atoms with Crippen LogP contribution in [-0.2, 0) is 4.79 Å². The van der Waals surface area contributed by atoms with Gasteiger partial charge in [0.05, 0.1) is 11.3 Å². The van der Waals surface area contributed by atoms with Crippen LogP contribution < -0.4 is 25.2 Å². The zero-order valence-electron chi connectivity index (χ0n) is 14.4. The van der Waals surface area contributed by atoms with Gasteiger partial charge in [-0.1, -0.05) is 12.1 Å². The van der Waals surface area contributed by atoms with Gasteiger partial charge in [-0.2, -0.15) is 0 Å². The number of carbonyl (C=O) groups excluding carboxylic acids is 3. The number of benzene rings is 2. The monoisotopic (exact) mass is 367 g/mol. The van der Waals surface area contributed by atoms with Crippen LogP contribution >= 0.6 is 0 Å². The van der Waals surface area contributed by atoms with Crippen molar-refractivity contribution in [3.63, 3.8) is 0 Å². The van der Waals surface area contributed by atoms with Crippen molar-refractivity contribution in [2.75, 3.05) is 18.2 Å². The molecule has 2 aromatic carbocycles. The lowest BCUT2D eigenvalue weighted by Crippen LogP contribution is -2.42. The summed E-state index contributed by atoms with van der Waals surface area (Å²) in [7, 11) is 0. The minimum Gasteiger partial charge on any atom is -0.454 e. The predicted octanol–water partition coefficient (Wildman–Crippen LogP) is 1.62. The largest absolute Gasteiger partial charge is 0.454 e. The van der Waals surface area contributed by atoms with Crippen LogP contribution in [0.15, 0.2) is 42.5 Å². The second kappa shape index (κ2) is 6.99. The third-order valence-corrected chi connectivity index (χ3v) is 4.44. The van der Waals surface area contributed by atoms with Crippen LogP contribution in [0.1, 0.15) is 33.6 Å². The summed E-state index contributed by atoms with van der Waals surface area (Å²) >= 11 is 0. The molecule has 0 spiro atoms. The molecular weight excluding hydrogens is 350 g/mol. The van der Waals surface area contributed by atoms with Crippen molar-refractivity contribution in [3.05, 3.63) is 53.6 Å². The van der Waals surface area contributed by atoms with Crippen molar-refractivity contribution in [3.8, 4) is 11.5 Å². The standard InChI is InChI=1S/C19H17N3O5/c23-17-6-3-9-22(17)14-5-2-1-4-13(14)19(25)21-20-18(24)12-7-8-15-16(10-12)27-11-26-15/h1-2,4-5,7-8,10H,3,6,9,11H2,(H,20,24)(H,21,25). The first-order valence-corrected chi connectivity index (χ1v) is 8.53. The third kappa shape index (κ3) is 3.29. The Morgan fingerprint density at radius 2 is 1.74 bits per heavy atom. The maximum absolute atomic E-state index is 12.5. The minimum absolute atomic E-state index is 0.0142. The molecule has 0 saturated carbocycles. The number of carbonyl (C=O) groups is 3. The van der Waals surface area contributed by atoms with Crippen molar-refractivity contribution in [2.24, 2.45) is 0 Å². The first-order valence-electron chi connectivity index (χ1n) is 8.53. The molecule has 2 aromatic rings. The molecule has 27 heavy (non-hydrogen) atoms. The lowest BCUT2D eigenvalue weighted by molar-refractivity contribution is -0.117. The number of ether oxygens (including phenoxy) is 2. The van der Waals surface area contributed by atoms with Gasteiger partial charge in [0, 0.05) is 18.5 Å². The van der Waals surface area contributed by atoms with Gasteiger partial charge < -0.3 is 14.4 Å². The molecule has 3 amide bonds. The van der Waals surface area contributed by atoms with E-state index < -0.39 is 11.8 Å². The van der Waals surface area contributed by atoms with Crippen molar-refractivity contribution in [2.45, 2.75) is 12.8 Å². The molecule has 0 aromatic heterocycles. The molecule has 0 unspecified atom stereocenters. The van der Waals surface area contributed by atoms with Crippen LogP contribution in [0.25, 0.3) is 0 Å². The minimum atomic E-state index is -0.501. The van der Waals surface area contributed by atoms with Gasteiger partial charge in [0.2, 0.25) is 12.7 Å². The Morgan fingerprint density at radius 3 is 2.56 bits per heavy atom. The molecule has 0 radical (unpaired) electrons. The third-order valence-electron chi connectivity index (χ3n) is 4.44. The fourth-order valence-electron chi connectivity index (χ4n) is 3.09. The number of nitrogens with one attached hydrogen (secondary N) is 2. The van der Waals surface area contributed by atoms with Gasteiger partial charge in [-0.05, 0) is 36.8 Å². The van der Waals surface area contributed by atoms with Gasteiger partial charge in [0.25, 0.3) is 11.8 Å². The van der Waals surface area contributed by atoms with Gasteiger partial charge in [0.15, 0.2) is 11.5 Å². The predicted molar refractivity (Wildman–Crippen MR) is 95.5 cm³/mol. The van der Waals surface area contributed by atoms with Gasteiger partial charge in [-0.25, -0.2) is 0 Å². The summed E-state index contributed by atoms with van der Waals surface area (Å²) < 4.78 is 10.4. The van der Waals surface area contributed by atoms with E-state index in [1.54, 1.807) is 47.4 Å². The van der Waals surface area contributed by atoms with Crippen LogP contribution in [0.2, 0.25) is 0 Å². The SMILES string of the molecule is O=C(NNC(=O)c1ccccc1N1CCCC1=O)c1ccc2c(c1)OCO2. The summed E-state index contributed by atoms with van der Waals surface area (Å²) in [6.45, 7) is 0.690. The molecule has 2 aliphatic rings. The lowest BCUT2D eigenvalue weighted by atomic mass is 10.1. The smallest absolute Gasteiger partial charge is 0.271 e. The summed E-state index contributed by atoms with van der Waals surface area (Å²) in [5.41, 5.74) is 5.95. The number of nitrogens with zero attached hydrogens (tertiary/aromatic N) is 1. The molecule has 0 bridgehead atoms. The van der Waals surface area contributed by atoms with E-state index >= 15 is 0 Å². The Kier molecular flexibility index (Phi) is 4.37. The molecular formula is C19H17N3O5. The fraction of sp³-hybridized carbons (Fsp3) is 0.211. The van der Waals surface area contributed by atoms with E-state index in [4.69, 9.17) is 9.47 Å². The molecule has 2 N–H and O–H groups in total. The van der Waals surface area contributed by atoms with Crippen LogP contribution in [0.3, 0.4) is 0 Å². The first-order chi connectivity index (χ1) is 13.1. The van der Waals surface area contributed by atoms with Gasteiger partial charge in [-0.15, -0.1) is 0 Å². The molecule has 1 saturated heterocycles. The van der Waals surface area contributed by atoms with E-state index in [9.17, 15) is 14.4 Å². The highest BCUT2D eigenvalue weighted by Gasteiger charge is 2.25. The average molecular weight is 367 g/mol. The van der Waals surface area contributed by atoms with Crippen LogP contribution in [0.4, 0.5) is 5.69 Å². The number of hydrazine groups is 1. The van der Waals surface area contributed by atoms with Crippen LogP contribution in [0.5, 0.6) is 11.5 Å². The number of fused-ring (bicyclic) bond motifs is 1. The maximum Gasteiger partial charge on any atom is 0.271 e. The number of hydrogen-bond acceptors (Lipinski definition) is 5. The number of anilines is 1. The Balaban J connectivity index is 1.45. The first kappa shape index (κ1) is 16.9. The molecule has 2 heterocycles. The molecule has 8 nitrogen and oxygen atoms in total. The van der Waals surface area contributed by atoms with Gasteiger partial charge >= 0.3 is 0 Å². The number of para-hydroxylation sites is 1. The summed E-state index contributed by atoms with van der Waals surface area (Å²) in [6.07, 6.45) is 1.23. The normalized spacial score (nSPS) is 15.0. The van der Waals surface area contributed by atoms with E-state index in [0.29, 0.717) is 41.3 Å². The Bertz CT molecular complexity index is 927. The van der Waals surface area contributed by atoms with Crippen molar-refractivity contribution < 1.29 is 23.9 Å². The van der Waals surface area contributed by atoms with Gasteiger partial charge in [0.1, 0.15) is 0 Å². The topological polar surface area (TPSA) is 97.0 Å². The van der Waals surface area contributed by atoms with Crippen molar-refractivity contribution in [1.29, 1.82) is 0 Å². The molecule has 138 valence electrons. The van der Waals surface area contributed by atoms with E-state index in [1.165, 1.54) is 0 Å². The van der Waals surface area contributed by atoms with E-state index in [0.717, 1.165) is 6.42 Å². The molecule has 8 heteroatoms. The quantitative estimate of drug-likeness (QED) is 0.804. The number of amides is 3. The van der Waals surface area contributed by atoms with Crippen molar-refractivity contribution >= 4 is 23.4 Å². The number of hydrogen-bond donors (Lipinski definition) is 2. The zero-order chi connectivity index (χ0) is 18.8. The lowest BCUT2D eigenvalue weighted by Gasteiger charge is -2.19. The molecule has 1 fully saturated rings. The molecule has 0 aliphatic carbocycles. The van der Waals surface area contributed by atoms with E-state index in [2.05, 4.69) is 10.9 Å². The Hall–Kier alpha value is -3.55. The Morgan fingerprint density at radius 1 is 0.963 bits per heavy atom. The average Bonchev–Trinajstić information content (AvgIpc) is 3.33. The van der Waals surface area contributed by atoms with E-state index in [1.807, 2.05) is 0 Å². The summed E-state index contributed by atoms with van der Waals surface area (Å²) in [4.78, 5) is 38.4. The molecule has 2 aliphatic heterocycles. The second-order valence-corrected chi connectivity index (χ2v) is 6.14. The summed E-state index contributed by atoms with van der Waals surface area (Å²) in [6, 6.07) is 11.6. The highest BCUT2D eigenvalue weighted by molar-refractivity contribution is 6.06. The fourth-order valence-corrected chi connectivity index (χ4v) is 3.09. The highest BCUT2D eigenvalue weighted by Crippen LogP contribution is 2.32. The maximum atomic E-state index is 12.5. The Labute approximate surface area is 155 Å². The van der Waals surface area contributed by atoms with Crippen molar-refractivity contribution in [1.82, 2.24) is 10.9 Å². The van der Waals surface area contributed by atoms with E-state index in [-0.39, 0.29) is 12.7 Å².